The molecular weight excluding hydrogens is 521 g/mol. The van der Waals surface area contributed by atoms with E-state index < -0.39 is 34.0 Å². The quantitative estimate of drug-likeness (QED) is 0.443. The topological polar surface area (TPSA) is 130 Å². The second-order valence-corrected chi connectivity index (χ2v) is 11.1. The molecule has 0 spiro atoms. The summed E-state index contributed by atoms with van der Waals surface area (Å²) < 4.78 is 46.7. The first kappa shape index (κ1) is 24.7. The third-order valence-corrected chi connectivity index (χ3v) is 8.12. The van der Waals surface area contributed by atoms with Gasteiger partial charge in [0, 0.05) is 13.1 Å². The molecule has 1 aromatic carbocycles. The second kappa shape index (κ2) is 9.32. The number of aryl methyl sites for hydroxylation is 1. The molecule has 3 N–H and O–H groups in total. The fraction of sp³-hybridized carbons (Fsp3) is 0.190. The summed E-state index contributed by atoms with van der Waals surface area (Å²) in [5, 5.41) is 5.07. The number of nitrogens with one attached hydrogen (secondary N) is 3. The van der Waals surface area contributed by atoms with Crippen molar-refractivity contribution in [3.8, 4) is 5.75 Å². The number of nitrogens with zero attached hydrogens (tertiary/aromatic N) is 2. The maximum absolute atomic E-state index is 14.2. The van der Waals surface area contributed by atoms with Crippen molar-refractivity contribution in [3.63, 3.8) is 0 Å². The molecule has 0 saturated carbocycles. The number of halogens is 2. The molecule has 1 aliphatic heterocycles. The second-order valence-electron chi connectivity index (χ2n) is 7.45. The van der Waals surface area contributed by atoms with E-state index in [9.17, 15) is 22.4 Å². The smallest absolute Gasteiger partial charge is 0.334 e. The van der Waals surface area contributed by atoms with E-state index in [4.69, 9.17) is 16.3 Å². The molecule has 0 bridgehead atoms. The Morgan fingerprint density at radius 2 is 2.03 bits per heavy atom. The first-order valence-electron chi connectivity index (χ1n) is 10.1. The monoisotopic (exact) mass is 539 g/mol. The third kappa shape index (κ3) is 4.88. The number of amides is 3. The van der Waals surface area contributed by atoms with Crippen LogP contribution in [-0.2, 0) is 10.0 Å². The van der Waals surface area contributed by atoms with Gasteiger partial charge >= 0.3 is 6.03 Å². The number of pyridine rings is 1. The van der Waals surface area contributed by atoms with Gasteiger partial charge in [-0.1, -0.05) is 11.6 Å². The summed E-state index contributed by atoms with van der Waals surface area (Å²) in [6.07, 6.45) is 0.591. The number of urea groups is 1. The Hall–Kier alpha value is -3.42. The number of aromatic nitrogens is 1. The zero-order valence-corrected chi connectivity index (χ0v) is 20.9. The normalized spacial score (nSPS) is 15.3. The van der Waals surface area contributed by atoms with Crippen LogP contribution in [0.15, 0.2) is 40.7 Å². The molecule has 1 unspecified atom stereocenters. The van der Waals surface area contributed by atoms with Gasteiger partial charge in [-0.05, 0) is 43.7 Å². The van der Waals surface area contributed by atoms with Gasteiger partial charge < -0.3 is 10.1 Å². The van der Waals surface area contributed by atoms with E-state index in [0.717, 1.165) is 17.4 Å². The van der Waals surface area contributed by atoms with Gasteiger partial charge in [0.15, 0.2) is 6.23 Å². The maximum atomic E-state index is 14.2. The van der Waals surface area contributed by atoms with Crippen LogP contribution in [0.2, 0.25) is 4.34 Å². The van der Waals surface area contributed by atoms with Crippen LogP contribution in [-0.4, -0.2) is 38.6 Å². The van der Waals surface area contributed by atoms with Gasteiger partial charge in [-0.25, -0.2) is 27.3 Å². The van der Waals surface area contributed by atoms with E-state index in [1.165, 1.54) is 29.3 Å². The molecule has 184 valence electrons. The molecule has 0 aliphatic carbocycles. The van der Waals surface area contributed by atoms with Gasteiger partial charge in [0.05, 0.1) is 27.5 Å². The number of hydrogen-bond donors (Lipinski definition) is 3. The fourth-order valence-corrected chi connectivity index (χ4v) is 5.83. The van der Waals surface area contributed by atoms with E-state index in [-0.39, 0.29) is 31.4 Å². The summed E-state index contributed by atoms with van der Waals surface area (Å²) >= 11 is 6.57. The largest absolute Gasteiger partial charge is 0.469 e. The lowest BCUT2D eigenvalue weighted by Crippen LogP contribution is -2.46. The number of ether oxygens (including phenoxy) is 1. The number of fused-ring (bicyclic) bond motifs is 1. The van der Waals surface area contributed by atoms with Crippen LogP contribution in [0.3, 0.4) is 0 Å². The predicted molar refractivity (Wildman–Crippen MR) is 130 cm³/mol. The van der Waals surface area contributed by atoms with Crippen LogP contribution in [0.4, 0.5) is 26.4 Å². The van der Waals surface area contributed by atoms with E-state index in [1.807, 2.05) is 4.72 Å². The lowest BCUT2D eigenvalue weighted by Gasteiger charge is -2.35. The highest BCUT2D eigenvalue weighted by Crippen LogP contribution is 2.35. The molecule has 35 heavy (non-hydrogen) atoms. The number of hydrogen-bond acceptors (Lipinski definition) is 8. The molecule has 1 atom stereocenters. The highest BCUT2D eigenvalue weighted by atomic mass is 35.5. The average Bonchev–Trinajstić information content (AvgIpc) is 3.23. The van der Waals surface area contributed by atoms with Crippen LogP contribution < -0.4 is 25.0 Å². The predicted octanol–water partition coefficient (Wildman–Crippen LogP) is 4.18. The van der Waals surface area contributed by atoms with Crippen molar-refractivity contribution in [2.24, 2.45) is 0 Å². The van der Waals surface area contributed by atoms with Crippen LogP contribution in [0, 0.1) is 12.7 Å². The summed E-state index contributed by atoms with van der Waals surface area (Å²) in [4.78, 5) is 30.9. The number of rotatable bonds is 5. The Morgan fingerprint density at radius 1 is 1.29 bits per heavy atom. The molecule has 0 fully saturated rings. The van der Waals surface area contributed by atoms with Gasteiger partial charge in [0.2, 0.25) is 0 Å². The first-order valence-corrected chi connectivity index (χ1v) is 12.7. The third-order valence-electron chi connectivity index (χ3n) is 5.06. The Labute approximate surface area is 209 Å². The highest BCUT2D eigenvalue weighted by Gasteiger charge is 2.34. The van der Waals surface area contributed by atoms with Crippen molar-refractivity contribution in [2.45, 2.75) is 24.3 Å². The van der Waals surface area contributed by atoms with Crippen molar-refractivity contribution in [2.75, 3.05) is 22.6 Å². The van der Waals surface area contributed by atoms with Crippen LogP contribution in [0.25, 0.3) is 0 Å². The molecule has 10 nitrogen and oxygen atoms in total. The first-order chi connectivity index (χ1) is 16.5. The molecule has 14 heteroatoms. The van der Waals surface area contributed by atoms with Crippen molar-refractivity contribution >= 4 is 62.1 Å². The number of carbonyl (C=O) groups excluding carboxylic acids is 2. The van der Waals surface area contributed by atoms with Crippen LogP contribution >= 0.6 is 22.9 Å². The summed E-state index contributed by atoms with van der Waals surface area (Å²) in [5.41, 5.74) is 1.04. The molecule has 4 rings (SSSR count). The number of carbonyl (C=O) groups is 2. The van der Waals surface area contributed by atoms with Crippen molar-refractivity contribution in [1.82, 2.24) is 9.71 Å². The highest BCUT2D eigenvalue weighted by molar-refractivity contribution is 7.92. The molecule has 2 aromatic heterocycles. The molecule has 3 heterocycles. The number of anilines is 3. The molecule has 0 saturated heterocycles. The van der Waals surface area contributed by atoms with E-state index in [1.54, 1.807) is 27.0 Å². The maximum Gasteiger partial charge on any atom is 0.334 e. The molecular formula is C21H19ClFN5O5S2. The van der Waals surface area contributed by atoms with E-state index in [0.29, 0.717) is 11.3 Å². The molecule has 0 radical (unpaired) electrons. The van der Waals surface area contributed by atoms with Gasteiger partial charge in [-0.3, -0.25) is 15.0 Å². The summed E-state index contributed by atoms with van der Waals surface area (Å²) in [5.74, 6) is -0.760. The standard InChI is InChI=1S/C21H19ClFN5O5S2/c1-10-6-12(28-11(2)33-16-8-15(24-3)14(23)7-13(16)20(28)29)9-25-19(10)26-21(30)27-35(31,32)18-5-4-17(22)34-18/h4-9,11,24H,1-3H3,(H2,25,26,27,30). The van der Waals surface area contributed by atoms with E-state index >= 15 is 0 Å². The van der Waals surface area contributed by atoms with Gasteiger partial charge in [-0.2, -0.15) is 0 Å². The Kier molecular flexibility index (Phi) is 6.58. The summed E-state index contributed by atoms with van der Waals surface area (Å²) in [6.45, 7) is 3.27. The zero-order valence-electron chi connectivity index (χ0n) is 18.5. The molecule has 1 aliphatic rings. The Balaban J connectivity index is 1.53. The van der Waals surface area contributed by atoms with Crippen LogP contribution in [0.5, 0.6) is 5.75 Å². The number of benzene rings is 1. The summed E-state index contributed by atoms with van der Waals surface area (Å²) in [6, 6.07) is 5.75. The Morgan fingerprint density at radius 3 is 2.66 bits per heavy atom. The fourth-order valence-electron chi connectivity index (χ4n) is 3.44. The van der Waals surface area contributed by atoms with Gasteiger partial charge in [0.1, 0.15) is 21.6 Å². The van der Waals surface area contributed by atoms with Gasteiger partial charge in [-0.15, -0.1) is 11.3 Å². The van der Waals surface area contributed by atoms with E-state index in [2.05, 4.69) is 15.6 Å². The number of sulfonamides is 1. The van der Waals surface area contributed by atoms with Crippen molar-refractivity contribution in [3.05, 3.63) is 57.8 Å². The Bertz CT molecular complexity index is 1450. The van der Waals surface area contributed by atoms with Crippen molar-refractivity contribution < 1.29 is 27.1 Å². The lowest BCUT2D eigenvalue weighted by atomic mass is 10.1. The van der Waals surface area contributed by atoms with Crippen molar-refractivity contribution in [1.29, 1.82) is 0 Å². The number of thiophene rings is 1. The zero-order chi connectivity index (χ0) is 25.5. The molecule has 3 aromatic rings. The van der Waals surface area contributed by atoms with Gasteiger partial charge in [0.25, 0.3) is 15.9 Å². The average molecular weight is 540 g/mol. The van der Waals surface area contributed by atoms with Crippen LogP contribution in [0.1, 0.15) is 22.8 Å². The minimum absolute atomic E-state index is 0.0534. The minimum atomic E-state index is -4.11. The minimum Gasteiger partial charge on any atom is -0.469 e. The summed E-state index contributed by atoms with van der Waals surface area (Å²) in [7, 11) is -2.55. The SMILES string of the molecule is CNc1cc2c(cc1F)C(=O)N(c1cnc(NC(=O)NS(=O)(=O)c3ccc(Cl)s3)c(C)c1)C(C)O2. The lowest BCUT2D eigenvalue weighted by molar-refractivity contribution is 0.0876. The molecule has 3 amide bonds.